The average molecular weight is 367 g/mol. The van der Waals surface area contributed by atoms with Crippen LogP contribution in [0.1, 0.15) is 31.2 Å². The number of piperidine rings is 1. The van der Waals surface area contributed by atoms with Gasteiger partial charge in [-0.3, -0.25) is 0 Å². The number of nitrogens with one attached hydrogen (secondary N) is 2. The van der Waals surface area contributed by atoms with Crippen LogP contribution in [0.15, 0.2) is 42.6 Å². The van der Waals surface area contributed by atoms with Gasteiger partial charge in [0.05, 0.1) is 12.6 Å². The Hall–Kier alpha value is -2.53. The van der Waals surface area contributed by atoms with Crippen molar-refractivity contribution < 1.29 is 9.13 Å². The van der Waals surface area contributed by atoms with E-state index in [2.05, 4.69) is 46.5 Å². The normalized spacial score (nSPS) is 15.2. The fourth-order valence-electron chi connectivity index (χ4n) is 4.02. The lowest BCUT2D eigenvalue weighted by Gasteiger charge is -2.22. The molecule has 1 aliphatic heterocycles. The molecule has 2 heterocycles. The zero-order chi connectivity index (χ0) is 18.8. The molecule has 0 radical (unpaired) electrons. The Morgan fingerprint density at radius 1 is 1.15 bits per heavy atom. The molecule has 0 bridgehead atoms. The summed E-state index contributed by atoms with van der Waals surface area (Å²) in [6.07, 6.45) is 4.71. The van der Waals surface area contributed by atoms with Crippen molar-refractivity contribution in [2.24, 2.45) is 0 Å². The third-order valence-corrected chi connectivity index (χ3v) is 5.47. The monoisotopic (exact) mass is 367 g/mol. The van der Waals surface area contributed by atoms with Gasteiger partial charge in [0, 0.05) is 35.6 Å². The van der Waals surface area contributed by atoms with Crippen LogP contribution in [0.4, 0.5) is 15.8 Å². The molecule has 3 aromatic rings. The Balaban J connectivity index is 1.67. The zero-order valence-corrected chi connectivity index (χ0v) is 15.9. The Kier molecular flexibility index (Phi) is 5.03. The average Bonchev–Trinajstić information content (AvgIpc) is 3.08. The number of halogens is 1. The highest BCUT2D eigenvalue weighted by Crippen LogP contribution is 2.35. The number of aryl methyl sites for hydroxylation is 1. The summed E-state index contributed by atoms with van der Waals surface area (Å²) in [5, 5.41) is 8.16. The van der Waals surface area contributed by atoms with Crippen molar-refractivity contribution in [3.63, 3.8) is 0 Å². The molecule has 27 heavy (non-hydrogen) atoms. The van der Waals surface area contributed by atoms with Crippen molar-refractivity contribution in [2.75, 3.05) is 25.5 Å². The largest absolute Gasteiger partial charge is 0.494 e. The Bertz CT molecular complexity index is 944. The van der Waals surface area contributed by atoms with Crippen LogP contribution >= 0.6 is 0 Å². The lowest BCUT2D eigenvalue weighted by molar-refractivity contribution is 0.387. The van der Waals surface area contributed by atoms with Crippen LogP contribution < -0.4 is 15.4 Å². The highest BCUT2D eigenvalue weighted by molar-refractivity contribution is 5.88. The van der Waals surface area contributed by atoms with E-state index < -0.39 is 0 Å². The van der Waals surface area contributed by atoms with Crippen LogP contribution in [0, 0.1) is 5.82 Å². The quantitative estimate of drug-likeness (QED) is 0.665. The van der Waals surface area contributed by atoms with Crippen LogP contribution in [0.25, 0.3) is 10.9 Å². The van der Waals surface area contributed by atoms with Gasteiger partial charge in [0.25, 0.3) is 0 Å². The third kappa shape index (κ3) is 3.52. The van der Waals surface area contributed by atoms with Crippen molar-refractivity contribution in [1.29, 1.82) is 0 Å². The summed E-state index contributed by atoms with van der Waals surface area (Å²) in [6, 6.07) is 11.3. The SMILES string of the molecule is CCn1cc(C2CCNCC2)c2ccc(Nc3ccc(F)c(OC)c3)cc21. The van der Waals surface area contributed by atoms with Crippen LogP contribution in [-0.4, -0.2) is 24.8 Å². The first-order chi connectivity index (χ1) is 13.2. The molecule has 142 valence electrons. The molecule has 0 unspecified atom stereocenters. The van der Waals surface area contributed by atoms with Crippen molar-refractivity contribution in [2.45, 2.75) is 32.2 Å². The van der Waals surface area contributed by atoms with Gasteiger partial charge in [-0.25, -0.2) is 4.39 Å². The smallest absolute Gasteiger partial charge is 0.165 e. The minimum absolute atomic E-state index is 0.242. The maximum absolute atomic E-state index is 13.6. The minimum Gasteiger partial charge on any atom is -0.494 e. The molecular weight excluding hydrogens is 341 g/mol. The van der Waals surface area contributed by atoms with Gasteiger partial charge in [0.15, 0.2) is 11.6 Å². The number of ether oxygens (including phenoxy) is 1. The van der Waals surface area contributed by atoms with Crippen LogP contribution in [-0.2, 0) is 6.54 Å². The summed E-state index contributed by atoms with van der Waals surface area (Å²) < 4.78 is 21.0. The van der Waals surface area contributed by atoms with Gasteiger partial charge in [0.1, 0.15) is 0 Å². The molecule has 1 aliphatic rings. The number of nitrogens with zero attached hydrogens (tertiary/aromatic N) is 1. The number of anilines is 2. The maximum atomic E-state index is 13.6. The Morgan fingerprint density at radius 3 is 2.63 bits per heavy atom. The third-order valence-electron chi connectivity index (χ3n) is 5.47. The van der Waals surface area contributed by atoms with Gasteiger partial charge in [-0.2, -0.15) is 0 Å². The maximum Gasteiger partial charge on any atom is 0.165 e. The molecule has 2 aromatic carbocycles. The molecule has 0 atom stereocenters. The van der Waals surface area contributed by atoms with E-state index >= 15 is 0 Å². The molecule has 4 rings (SSSR count). The Labute approximate surface area is 159 Å². The summed E-state index contributed by atoms with van der Waals surface area (Å²) in [5.74, 6) is 0.512. The first kappa shape index (κ1) is 17.9. The molecule has 1 saturated heterocycles. The summed E-state index contributed by atoms with van der Waals surface area (Å²) in [5.41, 5.74) is 4.50. The molecule has 5 heteroatoms. The molecule has 0 amide bonds. The number of aromatic nitrogens is 1. The number of benzene rings is 2. The molecule has 0 aliphatic carbocycles. The molecule has 0 saturated carbocycles. The highest BCUT2D eigenvalue weighted by atomic mass is 19.1. The van der Waals surface area contributed by atoms with E-state index in [-0.39, 0.29) is 11.6 Å². The summed E-state index contributed by atoms with van der Waals surface area (Å²) in [6.45, 7) is 5.30. The number of fused-ring (bicyclic) bond motifs is 1. The van der Waals surface area contributed by atoms with E-state index in [1.807, 2.05) is 0 Å². The van der Waals surface area contributed by atoms with Crippen LogP contribution in [0.3, 0.4) is 0 Å². The van der Waals surface area contributed by atoms with E-state index in [1.54, 1.807) is 12.1 Å². The molecule has 4 nitrogen and oxygen atoms in total. The van der Waals surface area contributed by atoms with Gasteiger partial charge in [-0.05, 0) is 68.6 Å². The van der Waals surface area contributed by atoms with Crippen LogP contribution in [0.5, 0.6) is 5.75 Å². The second-order valence-corrected chi connectivity index (χ2v) is 7.10. The lowest BCUT2D eigenvalue weighted by Crippen LogP contribution is -2.26. The van der Waals surface area contributed by atoms with E-state index in [0.717, 1.165) is 31.0 Å². The van der Waals surface area contributed by atoms with Crippen molar-refractivity contribution in [1.82, 2.24) is 9.88 Å². The second kappa shape index (κ2) is 7.61. The molecule has 0 spiro atoms. The van der Waals surface area contributed by atoms with Gasteiger partial charge < -0.3 is 19.9 Å². The highest BCUT2D eigenvalue weighted by Gasteiger charge is 2.20. The van der Waals surface area contributed by atoms with Gasteiger partial charge in [-0.15, -0.1) is 0 Å². The number of hydrogen-bond donors (Lipinski definition) is 2. The molecule has 1 aromatic heterocycles. The Morgan fingerprint density at radius 2 is 1.89 bits per heavy atom. The first-order valence-corrected chi connectivity index (χ1v) is 9.63. The van der Waals surface area contributed by atoms with Gasteiger partial charge in [-0.1, -0.05) is 6.07 Å². The zero-order valence-electron chi connectivity index (χ0n) is 15.9. The predicted molar refractivity (Wildman–Crippen MR) is 109 cm³/mol. The number of hydrogen-bond acceptors (Lipinski definition) is 3. The van der Waals surface area contributed by atoms with E-state index in [1.165, 1.54) is 42.5 Å². The van der Waals surface area contributed by atoms with Crippen molar-refractivity contribution in [3.8, 4) is 5.75 Å². The standard InChI is InChI=1S/C22H26FN3O/c1-3-26-14-19(15-8-10-24-11-9-15)18-6-4-16(12-21(18)26)25-17-5-7-20(23)22(13-17)27-2/h4-7,12-15,24-25H,3,8-11H2,1-2H3. The fourth-order valence-corrected chi connectivity index (χ4v) is 4.02. The van der Waals surface area contributed by atoms with E-state index in [9.17, 15) is 4.39 Å². The lowest BCUT2D eigenvalue weighted by atomic mass is 9.90. The van der Waals surface area contributed by atoms with Gasteiger partial charge in [0.2, 0.25) is 0 Å². The first-order valence-electron chi connectivity index (χ1n) is 9.63. The summed E-state index contributed by atoms with van der Waals surface area (Å²) in [4.78, 5) is 0. The number of rotatable bonds is 5. The molecular formula is C22H26FN3O. The molecule has 2 N–H and O–H groups in total. The number of methoxy groups -OCH3 is 1. The topological polar surface area (TPSA) is 38.2 Å². The minimum atomic E-state index is -0.357. The summed E-state index contributed by atoms with van der Waals surface area (Å²) >= 11 is 0. The van der Waals surface area contributed by atoms with Gasteiger partial charge >= 0.3 is 0 Å². The van der Waals surface area contributed by atoms with E-state index in [4.69, 9.17) is 4.74 Å². The predicted octanol–water partition coefficient (Wildman–Crippen LogP) is 5.02. The van der Waals surface area contributed by atoms with Crippen molar-refractivity contribution in [3.05, 3.63) is 54.0 Å². The summed E-state index contributed by atoms with van der Waals surface area (Å²) in [7, 11) is 1.48. The van der Waals surface area contributed by atoms with Crippen LogP contribution in [0.2, 0.25) is 0 Å². The fraction of sp³-hybridized carbons (Fsp3) is 0.364. The molecule has 1 fully saturated rings. The van der Waals surface area contributed by atoms with E-state index in [0.29, 0.717) is 5.92 Å². The second-order valence-electron chi connectivity index (χ2n) is 7.10. The van der Waals surface area contributed by atoms with Crippen molar-refractivity contribution >= 4 is 22.3 Å².